The van der Waals surface area contributed by atoms with Crippen LogP contribution in [0.4, 0.5) is 4.79 Å². The first-order valence-corrected chi connectivity index (χ1v) is 14.0. The molecule has 0 aromatic heterocycles. The Hall–Kier alpha value is -4.17. The van der Waals surface area contributed by atoms with Crippen LogP contribution in [0.5, 0.6) is 0 Å². The molecule has 8 nitrogen and oxygen atoms in total. The quantitative estimate of drug-likeness (QED) is 0.176. The number of carbonyl (C=O) groups is 3. The molecule has 0 heterocycles. The van der Waals surface area contributed by atoms with Crippen LogP contribution in [-0.4, -0.2) is 36.7 Å². The predicted molar refractivity (Wildman–Crippen MR) is 157 cm³/mol. The fourth-order valence-electron chi connectivity index (χ4n) is 4.05. The minimum atomic E-state index is -0.960. The molecule has 2 N–H and O–H groups in total. The van der Waals surface area contributed by atoms with Gasteiger partial charge in [-0.3, -0.25) is 4.79 Å². The fourth-order valence-corrected chi connectivity index (χ4v) is 4.05. The van der Waals surface area contributed by atoms with Crippen molar-refractivity contribution >= 4 is 18.0 Å². The number of benzene rings is 3. The number of esters is 1. The molecule has 0 fully saturated rings. The van der Waals surface area contributed by atoms with E-state index >= 15 is 0 Å². The molecule has 0 unspecified atom stereocenters. The topological polar surface area (TPSA) is 103 Å². The summed E-state index contributed by atoms with van der Waals surface area (Å²) in [6.45, 7) is 4.64. The molecule has 0 aliphatic heterocycles. The molecule has 218 valence electrons. The zero-order valence-corrected chi connectivity index (χ0v) is 23.8. The zero-order valence-electron chi connectivity index (χ0n) is 23.8. The van der Waals surface area contributed by atoms with E-state index in [9.17, 15) is 14.4 Å². The van der Waals surface area contributed by atoms with Crippen LogP contribution in [0.3, 0.4) is 0 Å². The first-order valence-electron chi connectivity index (χ1n) is 14.0. The van der Waals surface area contributed by atoms with Gasteiger partial charge < -0.3 is 24.8 Å². The van der Waals surface area contributed by atoms with Crippen molar-refractivity contribution in [1.29, 1.82) is 0 Å². The first kappa shape index (κ1) is 31.4. The maximum atomic E-state index is 13.1. The van der Waals surface area contributed by atoms with Crippen LogP contribution in [0.25, 0.3) is 0 Å². The summed E-state index contributed by atoms with van der Waals surface area (Å²) in [6, 6.07) is 27.5. The third kappa shape index (κ3) is 11.8. The number of carbonyl (C=O) groups excluding carboxylic acids is 3. The highest BCUT2D eigenvalue weighted by molar-refractivity contribution is 5.86. The highest BCUT2D eigenvalue weighted by Crippen LogP contribution is 2.13. The summed E-state index contributed by atoms with van der Waals surface area (Å²) < 4.78 is 16.7. The normalized spacial score (nSPS) is 12.9. The highest BCUT2D eigenvalue weighted by Gasteiger charge is 2.30. The van der Waals surface area contributed by atoms with E-state index < -0.39 is 24.2 Å². The number of hydrogen-bond acceptors (Lipinski definition) is 6. The molecule has 0 spiro atoms. The van der Waals surface area contributed by atoms with Crippen molar-refractivity contribution in [1.82, 2.24) is 10.6 Å². The summed E-state index contributed by atoms with van der Waals surface area (Å²) in [5, 5.41) is 5.59. The van der Waals surface area contributed by atoms with Crippen LogP contribution in [0.2, 0.25) is 0 Å². The number of alkyl carbamates (subject to hydrolysis) is 1. The fraction of sp³-hybridized carbons (Fsp3) is 0.364. The Morgan fingerprint density at radius 2 is 1.20 bits per heavy atom. The van der Waals surface area contributed by atoms with Gasteiger partial charge in [0.15, 0.2) is 6.04 Å². The second kappa shape index (κ2) is 17.5. The lowest BCUT2D eigenvalue weighted by Gasteiger charge is -2.25. The second-order valence-electron chi connectivity index (χ2n) is 9.97. The largest absolute Gasteiger partial charge is 0.459 e. The van der Waals surface area contributed by atoms with Crippen molar-refractivity contribution in [2.75, 3.05) is 6.54 Å². The van der Waals surface area contributed by atoms with Crippen molar-refractivity contribution in [3.05, 3.63) is 108 Å². The Labute approximate surface area is 242 Å². The third-order valence-electron chi connectivity index (χ3n) is 6.59. The molecule has 0 saturated heterocycles. The van der Waals surface area contributed by atoms with E-state index in [-0.39, 0.29) is 25.0 Å². The Morgan fingerprint density at radius 1 is 0.683 bits per heavy atom. The van der Waals surface area contributed by atoms with Gasteiger partial charge in [0.25, 0.3) is 0 Å². The van der Waals surface area contributed by atoms with E-state index in [4.69, 9.17) is 14.2 Å². The summed E-state index contributed by atoms with van der Waals surface area (Å²) in [6.07, 6.45) is 0.924. The predicted octanol–water partition coefficient (Wildman–Crippen LogP) is 5.55. The molecule has 0 bridgehead atoms. The number of unbranched alkanes of at least 4 members (excludes halogenated alkanes) is 1. The summed E-state index contributed by atoms with van der Waals surface area (Å²) in [7, 11) is 0. The van der Waals surface area contributed by atoms with Crippen LogP contribution in [-0.2, 0) is 43.6 Å². The summed E-state index contributed by atoms with van der Waals surface area (Å²) in [4.78, 5) is 38.0. The lowest BCUT2D eigenvalue weighted by Crippen LogP contribution is -2.50. The number of amides is 2. The number of nitrogens with one attached hydrogen (secondary N) is 2. The Morgan fingerprint density at radius 3 is 1.76 bits per heavy atom. The van der Waals surface area contributed by atoms with Gasteiger partial charge in [0.1, 0.15) is 13.2 Å². The van der Waals surface area contributed by atoms with E-state index in [1.807, 2.05) is 97.9 Å². The van der Waals surface area contributed by atoms with Gasteiger partial charge in [-0.1, -0.05) is 104 Å². The van der Waals surface area contributed by atoms with Gasteiger partial charge in [0.2, 0.25) is 5.91 Å². The minimum Gasteiger partial charge on any atom is -0.459 e. The van der Waals surface area contributed by atoms with Crippen molar-refractivity contribution < 1.29 is 28.6 Å². The van der Waals surface area contributed by atoms with E-state index in [0.717, 1.165) is 23.1 Å². The average molecular weight is 561 g/mol. The van der Waals surface area contributed by atoms with Gasteiger partial charge in [-0.05, 0) is 36.5 Å². The van der Waals surface area contributed by atoms with Crippen LogP contribution in [0.15, 0.2) is 91.0 Å². The molecule has 8 heteroatoms. The van der Waals surface area contributed by atoms with Gasteiger partial charge >= 0.3 is 12.1 Å². The SMILES string of the molecule is C[C@@H](CCCCNC(=O)OCc1ccccc1)C(=O)N[C@H](C(=O)OCc1ccccc1)[C@@H](C)OCc1ccccc1. The number of hydrogen-bond donors (Lipinski definition) is 2. The van der Waals surface area contributed by atoms with Crippen LogP contribution < -0.4 is 10.6 Å². The lowest BCUT2D eigenvalue weighted by atomic mass is 10.0. The third-order valence-corrected chi connectivity index (χ3v) is 6.59. The molecular weight excluding hydrogens is 520 g/mol. The van der Waals surface area contributed by atoms with E-state index in [2.05, 4.69) is 10.6 Å². The Balaban J connectivity index is 1.43. The number of ether oxygens (including phenoxy) is 3. The molecular formula is C33H40N2O6. The van der Waals surface area contributed by atoms with Crippen molar-refractivity contribution in [2.45, 2.75) is 65.1 Å². The van der Waals surface area contributed by atoms with Gasteiger partial charge in [-0.25, -0.2) is 9.59 Å². The standard InChI is InChI=1S/C33H40N2O6/c1-25(14-12-13-21-34-33(38)41-24-29-19-10-5-11-20-29)31(36)35-30(26(2)39-22-27-15-6-3-7-16-27)32(37)40-23-28-17-8-4-9-18-28/h3-11,15-20,25-26,30H,12-14,21-24H2,1-2H3,(H,34,38)(H,35,36)/t25-,26+,30-/m0/s1. The van der Waals surface area contributed by atoms with Gasteiger partial charge in [0, 0.05) is 12.5 Å². The summed E-state index contributed by atoms with van der Waals surface area (Å²) >= 11 is 0. The monoisotopic (exact) mass is 560 g/mol. The molecule has 0 aliphatic rings. The van der Waals surface area contributed by atoms with E-state index in [1.54, 1.807) is 6.92 Å². The molecule has 3 atom stereocenters. The van der Waals surface area contributed by atoms with Crippen LogP contribution in [0, 0.1) is 5.92 Å². The molecule has 3 rings (SSSR count). The molecule has 2 amide bonds. The maximum Gasteiger partial charge on any atom is 0.407 e. The molecule has 3 aromatic rings. The molecule has 41 heavy (non-hydrogen) atoms. The second-order valence-corrected chi connectivity index (χ2v) is 9.97. The van der Waals surface area contributed by atoms with Crippen molar-refractivity contribution in [3.8, 4) is 0 Å². The minimum absolute atomic E-state index is 0.105. The maximum absolute atomic E-state index is 13.1. The highest BCUT2D eigenvalue weighted by atomic mass is 16.5. The van der Waals surface area contributed by atoms with Crippen molar-refractivity contribution in [3.63, 3.8) is 0 Å². The van der Waals surface area contributed by atoms with Gasteiger partial charge in [0.05, 0.1) is 12.7 Å². The zero-order chi connectivity index (χ0) is 29.3. The van der Waals surface area contributed by atoms with Gasteiger partial charge in [-0.2, -0.15) is 0 Å². The van der Waals surface area contributed by atoms with Crippen LogP contribution >= 0.6 is 0 Å². The lowest BCUT2D eigenvalue weighted by molar-refractivity contribution is -0.154. The average Bonchev–Trinajstić information content (AvgIpc) is 3.01. The van der Waals surface area contributed by atoms with Gasteiger partial charge in [-0.15, -0.1) is 0 Å². The Kier molecular flexibility index (Phi) is 13.4. The molecule has 0 radical (unpaired) electrons. The first-order chi connectivity index (χ1) is 19.9. The smallest absolute Gasteiger partial charge is 0.407 e. The van der Waals surface area contributed by atoms with E-state index in [0.29, 0.717) is 26.0 Å². The molecule has 0 saturated carbocycles. The number of rotatable bonds is 16. The van der Waals surface area contributed by atoms with Crippen molar-refractivity contribution in [2.24, 2.45) is 5.92 Å². The Bertz CT molecular complexity index is 1190. The van der Waals surface area contributed by atoms with Crippen LogP contribution in [0.1, 0.15) is 49.8 Å². The summed E-state index contributed by atoms with van der Waals surface area (Å²) in [5.41, 5.74) is 2.74. The summed E-state index contributed by atoms with van der Waals surface area (Å²) in [5.74, 6) is -1.14. The van der Waals surface area contributed by atoms with E-state index in [1.165, 1.54) is 0 Å². The molecule has 0 aliphatic carbocycles. The molecule has 3 aromatic carbocycles.